The van der Waals surface area contributed by atoms with Gasteiger partial charge in [0.05, 0.1) is 12.8 Å². The zero-order chi connectivity index (χ0) is 29.7. The lowest BCUT2D eigenvalue weighted by Gasteiger charge is -2.10. The second kappa shape index (κ2) is 15.4. The van der Waals surface area contributed by atoms with Crippen LogP contribution in [0.25, 0.3) is 0 Å². The summed E-state index contributed by atoms with van der Waals surface area (Å²) in [5.41, 5.74) is 13.9. The lowest BCUT2D eigenvalue weighted by Crippen LogP contribution is -2.28. The molecule has 0 fully saturated rings. The Morgan fingerprint density at radius 2 is 1.66 bits per heavy atom. The van der Waals surface area contributed by atoms with Crippen molar-refractivity contribution in [3.8, 4) is 5.75 Å². The molecule has 0 aliphatic rings. The van der Waals surface area contributed by atoms with E-state index in [-0.39, 0.29) is 36.2 Å². The number of aryl methyl sites for hydroxylation is 1. The van der Waals surface area contributed by atoms with Crippen LogP contribution in [0.5, 0.6) is 5.75 Å². The third kappa shape index (κ3) is 12.6. The zero-order valence-corrected chi connectivity index (χ0v) is 22.9. The Morgan fingerprint density at radius 3 is 2.41 bits per heavy atom. The van der Waals surface area contributed by atoms with Crippen LogP contribution in [-0.4, -0.2) is 34.8 Å². The number of hydrogen-bond donors (Lipinski definition) is 4. The molecule has 41 heavy (non-hydrogen) atoms. The number of carbonyl (C=O) groups excluding carboxylic acids is 2. The van der Waals surface area contributed by atoms with Gasteiger partial charge in [0.25, 0.3) is 0 Å². The first-order chi connectivity index (χ1) is 19.6. The van der Waals surface area contributed by atoms with E-state index >= 15 is 0 Å². The maximum Gasteiger partial charge on any atom is 0.422 e. The van der Waals surface area contributed by atoms with Crippen LogP contribution >= 0.6 is 11.3 Å². The number of anilines is 1. The number of rotatable bonds is 14. The first kappa shape index (κ1) is 31.1. The van der Waals surface area contributed by atoms with Gasteiger partial charge in [-0.2, -0.15) is 13.2 Å². The highest BCUT2D eigenvalue weighted by atomic mass is 32.1. The maximum absolute atomic E-state index is 12.4. The summed E-state index contributed by atoms with van der Waals surface area (Å²) in [6, 6.07) is 15.3. The molecular weight excluding hydrogens is 557 g/mol. The molecule has 0 radical (unpaired) electrons. The number of halogens is 3. The molecule has 3 rings (SSSR count). The molecule has 0 aliphatic heterocycles. The Bertz CT molecular complexity index is 1360. The second-order valence-corrected chi connectivity index (χ2v) is 10.1. The van der Waals surface area contributed by atoms with E-state index in [1.807, 2.05) is 30.3 Å². The summed E-state index contributed by atoms with van der Waals surface area (Å²) in [4.78, 5) is 24.4. The predicted octanol–water partition coefficient (Wildman–Crippen LogP) is 4.37. The van der Waals surface area contributed by atoms with Crippen LogP contribution in [0.4, 0.5) is 18.3 Å². The van der Waals surface area contributed by atoms with Crippen molar-refractivity contribution in [3.63, 3.8) is 0 Å². The molecule has 6 N–H and O–H groups in total. The molecule has 0 atom stereocenters. The number of carbonyl (C=O) groups is 2. The molecule has 13 heteroatoms. The van der Waals surface area contributed by atoms with Crippen LogP contribution in [0, 0.1) is 0 Å². The summed E-state index contributed by atoms with van der Waals surface area (Å²) < 4.78 is 41.8. The quantitative estimate of drug-likeness (QED) is 0.162. The summed E-state index contributed by atoms with van der Waals surface area (Å²) in [6.07, 6.45) is 1.78. The summed E-state index contributed by atoms with van der Waals surface area (Å²) in [5.74, 6) is -0.346. The smallest absolute Gasteiger partial charge is 0.422 e. The number of nitrogens with one attached hydrogen (secondary N) is 2. The molecule has 0 saturated heterocycles. The fourth-order valence-electron chi connectivity index (χ4n) is 3.58. The van der Waals surface area contributed by atoms with Crippen LogP contribution in [0.2, 0.25) is 0 Å². The minimum Gasteiger partial charge on any atom is -0.484 e. The predicted molar refractivity (Wildman–Crippen MR) is 151 cm³/mol. The average Bonchev–Trinajstić information content (AvgIpc) is 3.36. The molecule has 0 bridgehead atoms. The van der Waals surface area contributed by atoms with E-state index in [1.165, 1.54) is 29.5 Å². The average molecular weight is 589 g/mol. The Labute approximate surface area is 239 Å². The van der Waals surface area contributed by atoms with Crippen LogP contribution in [0.3, 0.4) is 0 Å². The molecule has 218 valence electrons. The van der Waals surface area contributed by atoms with Crippen molar-refractivity contribution in [3.05, 3.63) is 94.4 Å². The van der Waals surface area contributed by atoms with Crippen molar-refractivity contribution < 1.29 is 27.5 Å². The Kier molecular flexibility index (Phi) is 11.7. The molecule has 3 aromatic rings. The second-order valence-electron chi connectivity index (χ2n) is 9.06. The number of nitrogens with zero attached hydrogens (tertiary/aromatic N) is 2. The number of aromatic nitrogens is 2. The third-order valence-electron chi connectivity index (χ3n) is 5.45. The number of allylic oxidation sites excluding steroid dienone is 3. The molecular formula is C28H31F3N6O3S. The standard InChI is InChI=1S/C28H31F3N6O3S/c29-28(30,31)18-40-22-11-6-9-20(15-22)17-25(39)35-27-37-36-26(41-27)12-5-4-10-21(32)13-14-23(33)34-24(38)16-19-7-2-1-3-8-19/h1-3,6-9,11,13-15H,4-5,10,12,16-18,32-33H2,(H,34,38)(H,35,37,39)/b21-13-,23-14+. The van der Waals surface area contributed by atoms with Crippen LogP contribution in [-0.2, 0) is 28.9 Å². The van der Waals surface area contributed by atoms with Gasteiger partial charge >= 0.3 is 6.18 Å². The van der Waals surface area contributed by atoms with Gasteiger partial charge in [-0.25, -0.2) is 0 Å². The zero-order valence-electron chi connectivity index (χ0n) is 22.1. The van der Waals surface area contributed by atoms with Crippen molar-refractivity contribution in [2.75, 3.05) is 11.9 Å². The Morgan fingerprint density at radius 1 is 0.927 bits per heavy atom. The van der Waals surface area contributed by atoms with E-state index in [0.717, 1.165) is 23.4 Å². The number of alkyl halides is 3. The van der Waals surface area contributed by atoms with Crippen molar-refractivity contribution in [2.45, 2.75) is 44.7 Å². The van der Waals surface area contributed by atoms with Crippen molar-refractivity contribution >= 4 is 28.3 Å². The van der Waals surface area contributed by atoms with E-state index in [2.05, 4.69) is 20.8 Å². The van der Waals surface area contributed by atoms with E-state index in [0.29, 0.717) is 29.2 Å². The number of nitrogens with two attached hydrogens (primary N) is 2. The van der Waals surface area contributed by atoms with Gasteiger partial charge in [0.2, 0.25) is 16.9 Å². The van der Waals surface area contributed by atoms with Crippen molar-refractivity contribution in [2.24, 2.45) is 11.5 Å². The number of unbranched alkanes of at least 4 members (excludes halogenated alkanes) is 1. The van der Waals surface area contributed by atoms with Gasteiger partial charge in [-0.3, -0.25) is 9.59 Å². The maximum atomic E-state index is 12.4. The van der Waals surface area contributed by atoms with E-state index in [9.17, 15) is 22.8 Å². The number of amides is 2. The van der Waals surface area contributed by atoms with Gasteiger partial charge in [-0.05, 0) is 54.7 Å². The Balaban J connectivity index is 1.35. The summed E-state index contributed by atoms with van der Waals surface area (Å²) in [5, 5.41) is 14.4. The summed E-state index contributed by atoms with van der Waals surface area (Å²) in [7, 11) is 0. The van der Waals surface area contributed by atoms with Gasteiger partial charge < -0.3 is 26.8 Å². The molecule has 0 unspecified atom stereocenters. The molecule has 9 nitrogen and oxygen atoms in total. The SMILES string of the molecule is N/C(=C\C=C(/N)NC(=O)Cc1ccccc1)CCCCc1nnc(NC(=O)Cc2cccc(OCC(F)(F)F)c2)s1. The highest BCUT2D eigenvalue weighted by Gasteiger charge is 2.28. The normalized spacial score (nSPS) is 12.2. The fraction of sp³-hybridized carbons (Fsp3) is 0.286. The number of ether oxygens (including phenoxy) is 1. The van der Waals surface area contributed by atoms with Gasteiger partial charge in [-0.15, -0.1) is 10.2 Å². The van der Waals surface area contributed by atoms with Gasteiger partial charge in [0, 0.05) is 12.1 Å². The Hall–Kier alpha value is -4.39. The molecule has 1 aromatic heterocycles. The van der Waals surface area contributed by atoms with E-state index in [4.69, 9.17) is 16.2 Å². The van der Waals surface area contributed by atoms with Crippen LogP contribution in [0.1, 0.15) is 35.4 Å². The number of hydrogen-bond acceptors (Lipinski definition) is 8. The summed E-state index contributed by atoms with van der Waals surface area (Å²) in [6.45, 7) is -1.40. The largest absolute Gasteiger partial charge is 0.484 e. The highest BCUT2D eigenvalue weighted by Crippen LogP contribution is 2.21. The molecule has 2 amide bonds. The van der Waals surface area contributed by atoms with Gasteiger partial charge in [0.15, 0.2) is 6.61 Å². The molecule has 0 spiro atoms. The van der Waals surface area contributed by atoms with Crippen LogP contribution < -0.4 is 26.8 Å². The van der Waals surface area contributed by atoms with Crippen molar-refractivity contribution in [1.82, 2.24) is 15.5 Å². The van der Waals surface area contributed by atoms with E-state index in [1.54, 1.807) is 18.2 Å². The molecule has 1 heterocycles. The lowest BCUT2D eigenvalue weighted by molar-refractivity contribution is -0.153. The minimum absolute atomic E-state index is 0.0337. The minimum atomic E-state index is -4.44. The lowest BCUT2D eigenvalue weighted by atomic mass is 10.1. The van der Waals surface area contributed by atoms with Gasteiger partial charge in [-0.1, -0.05) is 53.8 Å². The number of benzene rings is 2. The molecule has 0 saturated carbocycles. The highest BCUT2D eigenvalue weighted by molar-refractivity contribution is 7.15. The third-order valence-corrected chi connectivity index (χ3v) is 6.35. The van der Waals surface area contributed by atoms with Crippen LogP contribution in [0.15, 0.2) is 78.3 Å². The first-order valence-electron chi connectivity index (χ1n) is 12.7. The first-order valence-corrected chi connectivity index (χ1v) is 13.5. The molecule has 0 aliphatic carbocycles. The summed E-state index contributed by atoms with van der Waals surface area (Å²) >= 11 is 1.25. The fourth-order valence-corrected chi connectivity index (χ4v) is 4.38. The topological polar surface area (TPSA) is 145 Å². The van der Waals surface area contributed by atoms with Gasteiger partial charge in [0.1, 0.15) is 16.6 Å². The van der Waals surface area contributed by atoms with E-state index < -0.39 is 12.8 Å². The van der Waals surface area contributed by atoms with Crippen molar-refractivity contribution in [1.29, 1.82) is 0 Å². The monoisotopic (exact) mass is 588 g/mol. The molecule has 2 aromatic carbocycles.